The number of hydrogen-bond acceptors (Lipinski definition) is 3. The smallest absolute Gasteiger partial charge is 0.243 e. The molecule has 3 aromatic rings. The molecule has 1 aliphatic heterocycles. The van der Waals surface area contributed by atoms with Gasteiger partial charge in [0.2, 0.25) is 11.8 Å². The minimum absolute atomic E-state index is 0.0683. The number of aryl methyl sites for hydroxylation is 1. The zero-order valence-electron chi connectivity index (χ0n) is 20.7. The van der Waals surface area contributed by atoms with E-state index in [2.05, 4.69) is 22.9 Å². The number of nitrogens with zero attached hydrogens (tertiary/aromatic N) is 3. The van der Waals surface area contributed by atoms with Crippen LogP contribution in [-0.2, 0) is 22.6 Å². The van der Waals surface area contributed by atoms with Gasteiger partial charge in [0.25, 0.3) is 0 Å². The summed E-state index contributed by atoms with van der Waals surface area (Å²) in [5.41, 5.74) is 2.98. The number of imidazole rings is 1. The number of benzene rings is 2. The molecule has 0 unspecified atom stereocenters. The fourth-order valence-corrected chi connectivity index (χ4v) is 4.58. The van der Waals surface area contributed by atoms with E-state index >= 15 is 0 Å². The molecule has 6 nitrogen and oxygen atoms in total. The van der Waals surface area contributed by atoms with E-state index in [1.807, 2.05) is 59.5 Å². The Morgan fingerprint density at radius 3 is 2.54 bits per heavy atom. The number of carbonyl (C=O) groups is 2. The van der Waals surface area contributed by atoms with Crippen LogP contribution in [0.3, 0.4) is 0 Å². The van der Waals surface area contributed by atoms with Gasteiger partial charge in [0.1, 0.15) is 12.4 Å². The summed E-state index contributed by atoms with van der Waals surface area (Å²) in [6, 6.07) is 17.9. The molecule has 2 aromatic carbocycles. The zero-order chi connectivity index (χ0) is 24.5. The molecule has 0 saturated carbocycles. The summed E-state index contributed by atoms with van der Waals surface area (Å²) in [5, 5.41) is 2.95. The third kappa shape index (κ3) is 7.04. The molecular formula is C29H36N4O2. The van der Waals surface area contributed by atoms with Crippen molar-refractivity contribution in [1.29, 1.82) is 0 Å². The first-order valence-electron chi connectivity index (χ1n) is 12.8. The minimum Gasteiger partial charge on any atom is -0.353 e. The lowest BCUT2D eigenvalue weighted by Gasteiger charge is -2.30. The molecule has 1 aliphatic rings. The zero-order valence-corrected chi connectivity index (χ0v) is 20.7. The highest BCUT2D eigenvalue weighted by Crippen LogP contribution is 2.20. The second-order valence-electron chi connectivity index (χ2n) is 9.51. The highest BCUT2D eigenvalue weighted by Gasteiger charge is 2.22. The monoisotopic (exact) mass is 472 g/mol. The van der Waals surface area contributed by atoms with Crippen LogP contribution >= 0.6 is 0 Å². The normalized spacial score (nSPS) is 14.6. The van der Waals surface area contributed by atoms with Gasteiger partial charge in [-0.25, -0.2) is 4.98 Å². The van der Waals surface area contributed by atoms with Crippen molar-refractivity contribution >= 4 is 28.9 Å². The van der Waals surface area contributed by atoms with Gasteiger partial charge in [0.15, 0.2) is 0 Å². The second kappa shape index (κ2) is 12.3. The van der Waals surface area contributed by atoms with Gasteiger partial charge in [-0.3, -0.25) is 9.59 Å². The van der Waals surface area contributed by atoms with Crippen LogP contribution in [0.15, 0.2) is 60.7 Å². The van der Waals surface area contributed by atoms with E-state index in [-0.39, 0.29) is 11.8 Å². The molecule has 1 aromatic heterocycles. The van der Waals surface area contributed by atoms with Gasteiger partial charge in [0.05, 0.1) is 11.0 Å². The van der Waals surface area contributed by atoms with Crippen molar-refractivity contribution in [3.05, 3.63) is 72.1 Å². The number of amides is 2. The number of aromatic nitrogens is 2. The molecular weight excluding hydrogens is 436 g/mol. The van der Waals surface area contributed by atoms with Crippen LogP contribution in [0.2, 0.25) is 0 Å². The lowest BCUT2D eigenvalue weighted by atomic mass is 9.99. The second-order valence-corrected chi connectivity index (χ2v) is 9.51. The fraction of sp³-hybridized carbons (Fsp3) is 0.414. The van der Waals surface area contributed by atoms with Gasteiger partial charge in [-0.05, 0) is 55.4 Å². The molecule has 0 bridgehead atoms. The third-order valence-corrected chi connectivity index (χ3v) is 6.77. The van der Waals surface area contributed by atoms with Crippen molar-refractivity contribution in [2.24, 2.45) is 5.92 Å². The molecule has 1 saturated heterocycles. The van der Waals surface area contributed by atoms with Gasteiger partial charge in [0, 0.05) is 32.1 Å². The highest BCUT2D eigenvalue weighted by atomic mass is 16.2. The van der Waals surface area contributed by atoms with Crippen molar-refractivity contribution in [3.8, 4) is 0 Å². The molecule has 184 valence electrons. The van der Waals surface area contributed by atoms with E-state index in [1.54, 1.807) is 6.08 Å². The minimum atomic E-state index is -0.0683. The molecule has 0 aliphatic carbocycles. The molecule has 1 N–H and O–H groups in total. The fourth-order valence-electron chi connectivity index (χ4n) is 4.58. The van der Waals surface area contributed by atoms with E-state index in [9.17, 15) is 9.59 Å². The number of piperidine rings is 1. The summed E-state index contributed by atoms with van der Waals surface area (Å²) in [6.07, 6.45) is 9.27. The Labute approximate surface area is 208 Å². The lowest BCUT2D eigenvalue weighted by Crippen LogP contribution is -2.39. The summed E-state index contributed by atoms with van der Waals surface area (Å²) in [7, 11) is 0. The van der Waals surface area contributed by atoms with Crippen LogP contribution in [0.4, 0.5) is 0 Å². The quantitative estimate of drug-likeness (QED) is 0.339. The molecule has 2 heterocycles. The molecule has 0 atom stereocenters. The van der Waals surface area contributed by atoms with Crippen molar-refractivity contribution in [1.82, 2.24) is 19.8 Å². The lowest BCUT2D eigenvalue weighted by molar-refractivity contribution is -0.133. The summed E-state index contributed by atoms with van der Waals surface area (Å²) >= 11 is 0. The Hall–Kier alpha value is -3.41. The Bertz CT molecular complexity index is 1140. The number of para-hydroxylation sites is 2. The van der Waals surface area contributed by atoms with Crippen molar-refractivity contribution in [2.45, 2.75) is 52.0 Å². The van der Waals surface area contributed by atoms with Crippen LogP contribution < -0.4 is 5.32 Å². The number of nitrogens with one attached hydrogen (secondary N) is 1. The van der Waals surface area contributed by atoms with E-state index in [0.717, 1.165) is 74.0 Å². The molecule has 0 radical (unpaired) electrons. The maximum atomic E-state index is 13.0. The number of fused-ring (bicyclic) bond motifs is 1. The summed E-state index contributed by atoms with van der Waals surface area (Å²) in [6.45, 7) is 4.98. The topological polar surface area (TPSA) is 67.2 Å². The van der Waals surface area contributed by atoms with Crippen LogP contribution in [0.5, 0.6) is 0 Å². The van der Waals surface area contributed by atoms with Gasteiger partial charge in [-0.15, -0.1) is 0 Å². The first kappa shape index (κ1) is 24.7. The van der Waals surface area contributed by atoms with Crippen molar-refractivity contribution in [2.75, 3.05) is 19.6 Å². The maximum absolute atomic E-state index is 13.0. The van der Waals surface area contributed by atoms with E-state index in [4.69, 9.17) is 4.98 Å². The predicted octanol–water partition coefficient (Wildman–Crippen LogP) is 4.84. The van der Waals surface area contributed by atoms with Gasteiger partial charge in [-0.1, -0.05) is 55.8 Å². The number of unbranched alkanes of at least 4 members (excludes halogenated alkanes) is 2. The third-order valence-electron chi connectivity index (χ3n) is 6.77. The molecule has 2 amide bonds. The van der Waals surface area contributed by atoms with E-state index < -0.39 is 0 Å². The standard InChI is InChI=1S/C29H36N4O2/c1-23-17-20-32(21-18-23)29(35)22-33-26-13-8-7-12-25(26)31-27(33)14-6-3-9-19-30-28(34)16-15-24-10-4-2-5-11-24/h2,4-5,7-8,10-13,15-16,23H,3,6,9,14,17-22H2,1H3,(H,30,34)/b16-15+. The molecule has 35 heavy (non-hydrogen) atoms. The number of rotatable bonds is 10. The summed E-state index contributed by atoms with van der Waals surface area (Å²) in [4.78, 5) is 31.9. The summed E-state index contributed by atoms with van der Waals surface area (Å²) < 4.78 is 2.10. The van der Waals surface area contributed by atoms with Crippen LogP contribution in [0.1, 0.15) is 50.4 Å². The average molecular weight is 473 g/mol. The number of likely N-dealkylation sites (tertiary alicyclic amines) is 1. The average Bonchev–Trinajstić information content (AvgIpc) is 3.23. The summed E-state index contributed by atoms with van der Waals surface area (Å²) in [5.74, 6) is 1.79. The van der Waals surface area contributed by atoms with Crippen LogP contribution in [0, 0.1) is 5.92 Å². The largest absolute Gasteiger partial charge is 0.353 e. The van der Waals surface area contributed by atoms with Gasteiger partial charge >= 0.3 is 0 Å². The highest BCUT2D eigenvalue weighted by molar-refractivity contribution is 5.91. The Morgan fingerprint density at radius 2 is 1.74 bits per heavy atom. The van der Waals surface area contributed by atoms with Crippen molar-refractivity contribution < 1.29 is 9.59 Å². The number of hydrogen-bond donors (Lipinski definition) is 1. The Morgan fingerprint density at radius 1 is 1.00 bits per heavy atom. The molecule has 6 heteroatoms. The molecule has 1 fully saturated rings. The molecule has 0 spiro atoms. The maximum Gasteiger partial charge on any atom is 0.243 e. The predicted molar refractivity (Wildman–Crippen MR) is 141 cm³/mol. The van der Waals surface area contributed by atoms with Crippen LogP contribution in [-0.4, -0.2) is 45.9 Å². The Kier molecular flexibility index (Phi) is 8.71. The van der Waals surface area contributed by atoms with E-state index in [0.29, 0.717) is 19.0 Å². The number of carbonyl (C=O) groups excluding carboxylic acids is 2. The Balaban J connectivity index is 1.25. The van der Waals surface area contributed by atoms with Gasteiger partial charge in [-0.2, -0.15) is 0 Å². The van der Waals surface area contributed by atoms with Crippen molar-refractivity contribution in [3.63, 3.8) is 0 Å². The SMILES string of the molecule is CC1CCN(C(=O)Cn2c(CCCCCNC(=O)/C=C/c3ccccc3)nc3ccccc32)CC1. The van der Waals surface area contributed by atoms with E-state index in [1.165, 1.54) is 0 Å². The first-order valence-corrected chi connectivity index (χ1v) is 12.8. The molecule has 4 rings (SSSR count). The first-order chi connectivity index (χ1) is 17.1. The van der Waals surface area contributed by atoms with Crippen LogP contribution in [0.25, 0.3) is 17.1 Å². The van der Waals surface area contributed by atoms with Gasteiger partial charge < -0.3 is 14.8 Å².